The molecule has 0 aliphatic heterocycles. The van der Waals surface area contributed by atoms with E-state index in [4.69, 9.17) is 0 Å². The summed E-state index contributed by atoms with van der Waals surface area (Å²) in [6.45, 7) is 1.60. The van der Waals surface area contributed by atoms with Crippen LogP contribution >= 0.6 is 11.3 Å². The quantitative estimate of drug-likeness (QED) is 0.645. The average Bonchev–Trinajstić information content (AvgIpc) is 2.90. The lowest BCUT2D eigenvalue weighted by atomic mass is 10.3. The van der Waals surface area contributed by atoms with Crippen molar-refractivity contribution in [2.75, 3.05) is 5.75 Å². The van der Waals surface area contributed by atoms with E-state index in [-0.39, 0.29) is 16.6 Å². The second-order valence-corrected chi connectivity index (χ2v) is 6.11. The first-order valence-corrected chi connectivity index (χ1v) is 7.50. The molecule has 8 heteroatoms. The number of hydrogen-bond donors (Lipinski definition) is 0. The topological polar surface area (TPSA) is 48.8 Å². The van der Waals surface area contributed by atoms with Crippen molar-refractivity contribution < 1.29 is 17.7 Å². The van der Waals surface area contributed by atoms with E-state index in [0.717, 1.165) is 6.07 Å². The summed E-state index contributed by atoms with van der Waals surface area (Å²) in [4.78, 5) is 7.90. The van der Waals surface area contributed by atoms with Gasteiger partial charge in [0, 0.05) is 11.2 Å². The Morgan fingerprint density at radius 1 is 1.37 bits per heavy atom. The molecular formula is C11H9F3N2OS2. The third-order valence-corrected chi connectivity index (χ3v) is 4.24. The molecule has 0 saturated carbocycles. The van der Waals surface area contributed by atoms with Gasteiger partial charge >= 0.3 is 11.3 Å². The summed E-state index contributed by atoms with van der Waals surface area (Å²) in [7, 11) is 0. The van der Waals surface area contributed by atoms with Gasteiger partial charge in [-0.1, -0.05) is 6.07 Å². The molecule has 1 atom stereocenters. The minimum absolute atomic E-state index is 0.147. The smallest absolute Gasteiger partial charge is 0.433 e. The molecule has 0 bridgehead atoms. The van der Waals surface area contributed by atoms with E-state index in [1.165, 1.54) is 11.3 Å². The summed E-state index contributed by atoms with van der Waals surface area (Å²) in [6.07, 6.45) is -4.58. The van der Waals surface area contributed by atoms with Crippen molar-refractivity contribution in [2.24, 2.45) is 0 Å². The predicted molar refractivity (Wildman–Crippen MR) is 67.3 cm³/mol. The molecule has 102 valence electrons. The van der Waals surface area contributed by atoms with Crippen LogP contribution in [-0.2, 0) is 17.4 Å². The first-order chi connectivity index (χ1) is 8.91. The molecule has 1 unspecified atom stereocenters. The molecule has 0 N–H and O–H groups in total. The molecule has 0 aromatic carbocycles. The number of alkyl halides is 3. The van der Waals surface area contributed by atoms with Crippen molar-refractivity contribution in [3.63, 3.8) is 0 Å². The van der Waals surface area contributed by atoms with Gasteiger partial charge in [0.2, 0.25) is 0 Å². The monoisotopic (exact) mass is 306 g/mol. The van der Waals surface area contributed by atoms with Crippen LogP contribution in [0.1, 0.15) is 12.6 Å². The van der Waals surface area contributed by atoms with Crippen molar-refractivity contribution in [1.29, 1.82) is 0 Å². The lowest BCUT2D eigenvalue weighted by Gasteiger charge is -2.11. The Bertz CT molecular complexity index is 558. The molecule has 3 nitrogen and oxygen atoms in total. The van der Waals surface area contributed by atoms with Gasteiger partial charge in [-0.25, -0.2) is 0 Å². The van der Waals surface area contributed by atoms with Gasteiger partial charge in [0.1, 0.15) is 5.75 Å². The van der Waals surface area contributed by atoms with Crippen molar-refractivity contribution in [3.05, 3.63) is 29.3 Å². The highest BCUT2D eigenvalue weighted by Gasteiger charge is 2.35. The minimum Gasteiger partial charge on any atom is -0.609 e. The Morgan fingerprint density at radius 3 is 2.63 bits per heavy atom. The van der Waals surface area contributed by atoms with Crippen LogP contribution in [0.25, 0.3) is 10.6 Å². The van der Waals surface area contributed by atoms with Crippen molar-refractivity contribution >= 4 is 22.5 Å². The van der Waals surface area contributed by atoms with Crippen LogP contribution in [0, 0.1) is 0 Å². The van der Waals surface area contributed by atoms with Gasteiger partial charge in [-0.2, -0.15) is 23.1 Å². The van der Waals surface area contributed by atoms with Crippen molar-refractivity contribution in [3.8, 4) is 10.6 Å². The Hall–Kier alpha value is -1.12. The maximum Gasteiger partial charge on any atom is 0.433 e. The lowest BCUT2D eigenvalue weighted by Crippen LogP contribution is -2.15. The van der Waals surface area contributed by atoms with Gasteiger partial charge in [0.15, 0.2) is 5.69 Å². The third-order valence-electron chi connectivity index (χ3n) is 2.24. The molecule has 19 heavy (non-hydrogen) atoms. The summed E-state index contributed by atoms with van der Waals surface area (Å²) in [5.74, 6) is 0.172. The molecule has 0 radical (unpaired) electrons. The van der Waals surface area contributed by atoms with E-state index < -0.39 is 23.0 Å². The van der Waals surface area contributed by atoms with Crippen LogP contribution < -0.4 is 0 Å². The predicted octanol–water partition coefficient (Wildman–Crippen LogP) is 3.35. The molecule has 0 saturated heterocycles. The van der Waals surface area contributed by atoms with Crippen LogP contribution in [0.15, 0.2) is 28.7 Å². The average molecular weight is 306 g/mol. The largest absolute Gasteiger partial charge is 0.609 e. The fourth-order valence-corrected chi connectivity index (χ4v) is 2.70. The van der Waals surface area contributed by atoms with Gasteiger partial charge in [-0.15, -0.1) is 11.3 Å². The van der Waals surface area contributed by atoms with Crippen LogP contribution in [0.2, 0.25) is 0 Å². The van der Waals surface area contributed by atoms with Crippen LogP contribution in [0.3, 0.4) is 0 Å². The standard InChI is InChI=1S/C11H9F3N2OS2/c1-2-19(17)10-15-7(8-4-3-5-18-8)6-9(16-10)11(12,13)14/h3-6H,2H2,1H3. The Morgan fingerprint density at radius 2 is 2.11 bits per heavy atom. The highest BCUT2D eigenvalue weighted by molar-refractivity contribution is 7.91. The van der Waals surface area contributed by atoms with Crippen molar-refractivity contribution in [2.45, 2.75) is 18.3 Å². The summed E-state index contributed by atoms with van der Waals surface area (Å²) in [6, 6.07) is 4.25. The molecule has 0 aliphatic carbocycles. The van der Waals surface area contributed by atoms with Gasteiger partial charge in [0.25, 0.3) is 0 Å². The number of thiophene rings is 1. The summed E-state index contributed by atoms with van der Waals surface area (Å²) in [5, 5.41) is 1.46. The van der Waals surface area contributed by atoms with E-state index in [0.29, 0.717) is 4.88 Å². The molecule has 2 rings (SSSR count). The van der Waals surface area contributed by atoms with Gasteiger partial charge in [-0.3, -0.25) is 0 Å². The first-order valence-electron chi connectivity index (χ1n) is 5.30. The van der Waals surface area contributed by atoms with Crippen LogP contribution in [0.5, 0.6) is 0 Å². The van der Waals surface area contributed by atoms with Crippen LogP contribution in [-0.4, -0.2) is 20.3 Å². The number of hydrogen-bond acceptors (Lipinski definition) is 4. The normalized spacial score (nSPS) is 13.5. The van der Waals surface area contributed by atoms with Gasteiger partial charge < -0.3 is 4.55 Å². The highest BCUT2D eigenvalue weighted by atomic mass is 32.2. The minimum atomic E-state index is -4.58. The van der Waals surface area contributed by atoms with E-state index in [2.05, 4.69) is 9.97 Å². The van der Waals surface area contributed by atoms with E-state index in [1.54, 1.807) is 24.4 Å². The Labute approximate surface area is 114 Å². The van der Waals surface area contributed by atoms with Gasteiger partial charge in [0.05, 0.1) is 10.6 Å². The summed E-state index contributed by atoms with van der Waals surface area (Å²) < 4.78 is 49.9. The second-order valence-electron chi connectivity index (χ2n) is 3.53. The molecule has 2 heterocycles. The maximum atomic E-state index is 12.8. The van der Waals surface area contributed by atoms with E-state index in [1.807, 2.05) is 0 Å². The molecular weight excluding hydrogens is 297 g/mol. The van der Waals surface area contributed by atoms with E-state index >= 15 is 0 Å². The van der Waals surface area contributed by atoms with Gasteiger partial charge in [-0.05, 0) is 24.4 Å². The maximum absolute atomic E-state index is 12.8. The zero-order chi connectivity index (χ0) is 14.0. The highest BCUT2D eigenvalue weighted by Crippen LogP contribution is 2.32. The molecule has 0 amide bonds. The Kier molecular flexibility index (Phi) is 4.12. The van der Waals surface area contributed by atoms with Crippen LogP contribution in [0.4, 0.5) is 13.2 Å². The van der Waals surface area contributed by atoms with E-state index in [9.17, 15) is 17.7 Å². The zero-order valence-electron chi connectivity index (χ0n) is 9.77. The fraction of sp³-hybridized carbons (Fsp3) is 0.273. The molecule has 0 aliphatic rings. The SMILES string of the molecule is CC[S+]([O-])c1nc(-c2cccs2)cc(C(F)(F)F)n1. The van der Waals surface area contributed by atoms with Crippen molar-refractivity contribution in [1.82, 2.24) is 9.97 Å². The number of nitrogens with zero attached hydrogens (tertiary/aromatic N) is 2. The number of rotatable bonds is 3. The molecule has 0 spiro atoms. The molecule has 0 fully saturated rings. The second kappa shape index (κ2) is 5.48. The summed E-state index contributed by atoms with van der Waals surface area (Å²) in [5.41, 5.74) is -0.920. The fourth-order valence-electron chi connectivity index (χ4n) is 1.35. The summed E-state index contributed by atoms with van der Waals surface area (Å²) >= 11 is -0.358. The molecule has 2 aromatic rings. The number of aromatic nitrogens is 2. The lowest BCUT2D eigenvalue weighted by molar-refractivity contribution is -0.141. The first kappa shape index (κ1) is 14.3. The molecule has 2 aromatic heterocycles. The Balaban J connectivity index is 2.55. The zero-order valence-corrected chi connectivity index (χ0v) is 11.4. The number of halogens is 3. The third kappa shape index (κ3) is 3.26.